The van der Waals surface area contributed by atoms with Crippen molar-refractivity contribution in [3.8, 4) is 11.4 Å². The van der Waals surface area contributed by atoms with E-state index in [4.69, 9.17) is 10.5 Å². The van der Waals surface area contributed by atoms with Gasteiger partial charge in [-0.15, -0.1) is 0 Å². The number of fused-ring (bicyclic) bond motifs is 1. The summed E-state index contributed by atoms with van der Waals surface area (Å²) in [5, 5.41) is 4.51. The molecule has 110 valence electrons. The fraction of sp³-hybridized carbons (Fsp3) is 0.333. The SMILES string of the molecule is CCc1nn(C)c2c1nc(N)n2-c1ccc(OC)cc1C. The number of hydrogen-bond donors (Lipinski definition) is 1. The highest BCUT2D eigenvalue weighted by molar-refractivity contribution is 5.80. The fourth-order valence-corrected chi connectivity index (χ4v) is 2.68. The first-order valence-electron chi connectivity index (χ1n) is 6.91. The second kappa shape index (κ2) is 4.80. The Bertz CT molecular complexity index is 815. The minimum Gasteiger partial charge on any atom is -0.497 e. The average Bonchev–Trinajstić information content (AvgIpc) is 2.96. The Kier molecular flexibility index (Phi) is 3.08. The minimum absolute atomic E-state index is 0.473. The standard InChI is InChI=1S/C15H19N5O/c1-5-11-13-14(19(3)18-11)20(15(16)17-13)12-7-6-10(21-4)8-9(12)2/h6-8H,5H2,1-4H3,(H2,16,17). The number of hydrogen-bond acceptors (Lipinski definition) is 4. The third-order valence-electron chi connectivity index (χ3n) is 3.71. The number of aryl methyl sites for hydroxylation is 3. The summed E-state index contributed by atoms with van der Waals surface area (Å²) >= 11 is 0. The van der Waals surface area contributed by atoms with Crippen LogP contribution in [-0.2, 0) is 13.5 Å². The number of nitrogen functional groups attached to an aromatic ring is 1. The molecule has 3 rings (SSSR count). The quantitative estimate of drug-likeness (QED) is 0.801. The zero-order valence-corrected chi connectivity index (χ0v) is 12.7. The van der Waals surface area contributed by atoms with Crippen molar-refractivity contribution in [2.75, 3.05) is 12.8 Å². The number of methoxy groups -OCH3 is 1. The number of nitrogens with two attached hydrogens (primary N) is 1. The molecule has 2 N–H and O–H groups in total. The van der Waals surface area contributed by atoms with E-state index in [2.05, 4.69) is 17.0 Å². The van der Waals surface area contributed by atoms with E-state index in [1.807, 2.05) is 41.4 Å². The second-order valence-electron chi connectivity index (χ2n) is 5.05. The molecular formula is C15H19N5O. The molecule has 21 heavy (non-hydrogen) atoms. The van der Waals surface area contributed by atoms with Gasteiger partial charge in [-0.3, -0.25) is 4.57 Å². The van der Waals surface area contributed by atoms with Gasteiger partial charge in [-0.25, -0.2) is 9.67 Å². The largest absolute Gasteiger partial charge is 0.497 e. The maximum absolute atomic E-state index is 6.14. The van der Waals surface area contributed by atoms with Crippen molar-refractivity contribution in [2.45, 2.75) is 20.3 Å². The number of ether oxygens (including phenoxy) is 1. The van der Waals surface area contributed by atoms with Crippen LogP contribution in [0.1, 0.15) is 18.2 Å². The fourth-order valence-electron chi connectivity index (χ4n) is 2.68. The van der Waals surface area contributed by atoms with E-state index in [1.54, 1.807) is 7.11 Å². The van der Waals surface area contributed by atoms with Crippen LogP contribution in [0.15, 0.2) is 18.2 Å². The van der Waals surface area contributed by atoms with Gasteiger partial charge in [0.1, 0.15) is 11.3 Å². The van der Waals surface area contributed by atoms with E-state index in [1.165, 1.54) is 0 Å². The number of anilines is 1. The van der Waals surface area contributed by atoms with Crippen molar-refractivity contribution in [2.24, 2.45) is 7.05 Å². The van der Waals surface area contributed by atoms with Crippen molar-refractivity contribution in [3.05, 3.63) is 29.5 Å². The normalized spacial score (nSPS) is 11.2. The number of aromatic nitrogens is 4. The molecule has 0 saturated heterocycles. The van der Waals surface area contributed by atoms with Crippen LogP contribution < -0.4 is 10.5 Å². The highest BCUT2D eigenvalue weighted by Gasteiger charge is 2.19. The highest BCUT2D eigenvalue weighted by atomic mass is 16.5. The van der Waals surface area contributed by atoms with Gasteiger partial charge in [-0.1, -0.05) is 6.92 Å². The Labute approximate surface area is 123 Å². The Morgan fingerprint density at radius 2 is 2.10 bits per heavy atom. The van der Waals surface area contributed by atoms with Gasteiger partial charge in [0.2, 0.25) is 5.95 Å². The van der Waals surface area contributed by atoms with Gasteiger partial charge in [0.15, 0.2) is 5.65 Å². The maximum atomic E-state index is 6.14. The van der Waals surface area contributed by atoms with E-state index >= 15 is 0 Å². The molecule has 3 aromatic rings. The first-order chi connectivity index (χ1) is 10.1. The van der Waals surface area contributed by atoms with Crippen molar-refractivity contribution in [1.82, 2.24) is 19.3 Å². The molecule has 0 bridgehead atoms. The van der Waals surface area contributed by atoms with E-state index in [0.29, 0.717) is 5.95 Å². The molecule has 2 aromatic heterocycles. The Morgan fingerprint density at radius 1 is 1.33 bits per heavy atom. The third-order valence-corrected chi connectivity index (χ3v) is 3.71. The average molecular weight is 285 g/mol. The first kappa shape index (κ1) is 13.5. The predicted molar refractivity (Wildman–Crippen MR) is 82.9 cm³/mol. The van der Waals surface area contributed by atoms with Gasteiger partial charge < -0.3 is 10.5 Å². The molecule has 0 amide bonds. The maximum Gasteiger partial charge on any atom is 0.207 e. The molecule has 1 aromatic carbocycles. The van der Waals surface area contributed by atoms with Gasteiger partial charge in [-0.2, -0.15) is 5.10 Å². The molecule has 0 aliphatic heterocycles. The van der Waals surface area contributed by atoms with Crippen LogP contribution in [0.25, 0.3) is 16.9 Å². The van der Waals surface area contributed by atoms with E-state index < -0.39 is 0 Å². The Balaban J connectivity index is 2.30. The highest BCUT2D eigenvalue weighted by Crippen LogP contribution is 2.28. The van der Waals surface area contributed by atoms with E-state index in [0.717, 1.165) is 40.3 Å². The smallest absolute Gasteiger partial charge is 0.207 e. The van der Waals surface area contributed by atoms with Gasteiger partial charge in [0.05, 0.1) is 18.5 Å². The second-order valence-corrected chi connectivity index (χ2v) is 5.05. The van der Waals surface area contributed by atoms with Crippen molar-refractivity contribution < 1.29 is 4.74 Å². The summed E-state index contributed by atoms with van der Waals surface area (Å²) in [6.45, 7) is 4.09. The van der Waals surface area contributed by atoms with Crippen LogP contribution in [0.5, 0.6) is 5.75 Å². The summed E-state index contributed by atoms with van der Waals surface area (Å²) in [5.41, 5.74) is 10.9. The number of nitrogens with zero attached hydrogens (tertiary/aromatic N) is 4. The zero-order chi connectivity index (χ0) is 15.1. The third kappa shape index (κ3) is 1.94. The zero-order valence-electron chi connectivity index (χ0n) is 12.7. The summed E-state index contributed by atoms with van der Waals surface area (Å²) in [6.07, 6.45) is 0.829. The molecule has 0 aliphatic rings. The van der Waals surface area contributed by atoms with E-state index in [-0.39, 0.29) is 0 Å². The molecule has 0 spiro atoms. The lowest BCUT2D eigenvalue weighted by atomic mass is 10.2. The summed E-state index contributed by atoms with van der Waals surface area (Å²) in [5.74, 6) is 1.30. The molecule has 6 nitrogen and oxygen atoms in total. The lowest BCUT2D eigenvalue weighted by Gasteiger charge is -2.11. The first-order valence-corrected chi connectivity index (χ1v) is 6.91. The predicted octanol–water partition coefficient (Wildman–Crippen LogP) is 2.22. The lowest BCUT2D eigenvalue weighted by molar-refractivity contribution is 0.414. The number of imidazole rings is 1. The monoisotopic (exact) mass is 285 g/mol. The van der Waals surface area contributed by atoms with Crippen LogP contribution in [0.3, 0.4) is 0 Å². The van der Waals surface area contributed by atoms with Crippen LogP contribution in [-0.4, -0.2) is 26.4 Å². The van der Waals surface area contributed by atoms with Crippen LogP contribution >= 0.6 is 0 Å². The number of rotatable bonds is 3. The summed E-state index contributed by atoms with van der Waals surface area (Å²) in [6, 6.07) is 5.90. The molecule has 0 unspecified atom stereocenters. The molecule has 0 atom stereocenters. The topological polar surface area (TPSA) is 70.9 Å². The van der Waals surface area contributed by atoms with Crippen LogP contribution in [0.4, 0.5) is 5.95 Å². The Morgan fingerprint density at radius 3 is 2.71 bits per heavy atom. The van der Waals surface area contributed by atoms with Gasteiger partial charge in [-0.05, 0) is 37.1 Å². The van der Waals surface area contributed by atoms with Gasteiger partial charge in [0.25, 0.3) is 0 Å². The molecule has 6 heteroatoms. The summed E-state index contributed by atoms with van der Waals surface area (Å²) in [7, 11) is 3.57. The summed E-state index contributed by atoms with van der Waals surface area (Å²) < 4.78 is 9.03. The molecule has 0 aliphatic carbocycles. The number of benzene rings is 1. The summed E-state index contributed by atoms with van der Waals surface area (Å²) in [4.78, 5) is 4.49. The molecular weight excluding hydrogens is 266 g/mol. The lowest BCUT2D eigenvalue weighted by Crippen LogP contribution is -2.06. The molecule has 0 saturated carbocycles. The van der Waals surface area contributed by atoms with Crippen LogP contribution in [0.2, 0.25) is 0 Å². The van der Waals surface area contributed by atoms with Crippen molar-refractivity contribution in [3.63, 3.8) is 0 Å². The molecule has 2 heterocycles. The molecule has 0 radical (unpaired) electrons. The minimum atomic E-state index is 0.473. The Hall–Kier alpha value is -2.50. The molecule has 0 fully saturated rings. The van der Waals surface area contributed by atoms with Crippen molar-refractivity contribution in [1.29, 1.82) is 0 Å². The van der Waals surface area contributed by atoms with Gasteiger partial charge in [0, 0.05) is 7.05 Å². The van der Waals surface area contributed by atoms with Gasteiger partial charge >= 0.3 is 0 Å². The van der Waals surface area contributed by atoms with Crippen LogP contribution in [0, 0.1) is 6.92 Å². The van der Waals surface area contributed by atoms with E-state index in [9.17, 15) is 0 Å². The van der Waals surface area contributed by atoms with Crippen molar-refractivity contribution >= 4 is 17.1 Å².